The number of aromatic nitrogens is 2. The van der Waals surface area contributed by atoms with Crippen LogP contribution in [0.15, 0.2) is 0 Å². The molecule has 16 heavy (non-hydrogen) atoms. The van der Waals surface area contributed by atoms with Crippen molar-refractivity contribution in [3.05, 3.63) is 11.3 Å². The summed E-state index contributed by atoms with van der Waals surface area (Å²) in [6.07, 6.45) is 0. The van der Waals surface area contributed by atoms with Gasteiger partial charge in [-0.1, -0.05) is 0 Å². The van der Waals surface area contributed by atoms with Gasteiger partial charge in [-0.15, -0.1) is 0 Å². The topological polar surface area (TPSA) is 93.0 Å². The van der Waals surface area contributed by atoms with Crippen LogP contribution in [-0.2, 0) is 4.74 Å². The summed E-state index contributed by atoms with van der Waals surface area (Å²) in [6, 6.07) is 0. The van der Waals surface area contributed by atoms with Crippen molar-refractivity contribution >= 4 is 11.7 Å². The number of amides is 1. The third kappa shape index (κ3) is 2.73. The molecule has 90 valence electrons. The van der Waals surface area contributed by atoms with E-state index in [1.54, 1.807) is 14.0 Å². The molecule has 1 aromatic rings. The summed E-state index contributed by atoms with van der Waals surface area (Å²) < 4.78 is 5.20. The Morgan fingerprint density at radius 2 is 2.25 bits per heavy atom. The molecule has 1 rings (SSSR count). The average molecular weight is 226 g/mol. The van der Waals surface area contributed by atoms with Crippen molar-refractivity contribution in [3.8, 4) is 0 Å². The van der Waals surface area contributed by atoms with Gasteiger partial charge in [0.15, 0.2) is 5.82 Å². The van der Waals surface area contributed by atoms with Gasteiger partial charge in [0, 0.05) is 19.3 Å². The van der Waals surface area contributed by atoms with E-state index in [1.807, 2.05) is 13.8 Å². The van der Waals surface area contributed by atoms with Gasteiger partial charge in [-0.25, -0.2) is 0 Å². The summed E-state index contributed by atoms with van der Waals surface area (Å²) in [5, 5.41) is 9.18. The minimum Gasteiger partial charge on any atom is -0.382 e. The Bertz CT molecular complexity index is 365. The van der Waals surface area contributed by atoms with Crippen LogP contribution in [0.25, 0.3) is 0 Å². The molecule has 0 aliphatic rings. The normalized spacial score (nSPS) is 11.5. The lowest BCUT2D eigenvalue weighted by molar-refractivity contribution is 0.0229. The molecule has 1 heterocycles. The largest absolute Gasteiger partial charge is 0.382 e. The Hall–Kier alpha value is -1.56. The van der Waals surface area contributed by atoms with Crippen molar-refractivity contribution in [1.29, 1.82) is 0 Å². The first-order chi connectivity index (χ1) is 7.37. The predicted molar refractivity (Wildman–Crippen MR) is 61.2 cm³/mol. The van der Waals surface area contributed by atoms with Gasteiger partial charge in [-0.2, -0.15) is 5.10 Å². The van der Waals surface area contributed by atoms with E-state index in [1.165, 1.54) is 0 Å². The highest BCUT2D eigenvalue weighted by atomic mass is 16.5. The molecule has 0 aliphatic heterocycles. The van der Waals surface area contributed by atoms with Crippen molar-refractivity contribution < 1.29 is 9.53 Å². The van der Waals surface area contributed by atoms with E-state index < -0.39 is 5.60 Å². The molecule has 0 unspecified atom stereocenters. The lowest BCUT2D eigenvalue weighted by atomic mass is 10.1. The van der Waals surface area contributed by atoms with Crippen LogP contribution >= 0.6 is 0 Å². The number of nitrogen functional groups attached to an aromatic ring is 1. The SMILES string of the molecule is COC(C)(C)CNC(=O)c1c(N)n[nH]c1C. The molecule has 6 nitrogen and oxygen atoms in total. The fourth-order valence-electron chi connectivity index (χ4n) is 1.19. The average Bonchev–Trinajstić information content (AvgIpc) is 2.55. The predicted octanol–water partition coefficient (Wildman–Crippen LogP) is 0.455. The van der Waals surface area contributed by atoms with Gasteiger partial charge < -0.3 is 15.8 Å². The third-order valence-corrected chi connectivity index (χ3v) is 2.43. The number of nitrogens with one attached hydrogen (secondary N) is 2. The number of anilines is 1. The highest BCUT2D eigenvalue weighted by Gasteiger charge is 2.21. The van der Waals surface area contributed by atoms with Gasteiger partial charge in [0.1, 0.15) is 5.56 Å². The Balaban J connectivity index is 2.67. The van der Waals surface area contributed by atoms with Crippen molar-refractivity contribution in [2.45, 2.75) is 26.4 Å². The van der Waals surface area contributed by atoms with E-state index in [-0.39, 0.29) is 11.7 Å². The van der Waals surface area contributed by atoms with Gasteiger partial charge >= 0.3 is 0 Å². The maximum Gasteiger partial charge on any atom is 0.257 e. The van der Waals surface area contributed by atoms with Crippen molar-refractivity contribution in [1.82, 2.24) is 15.5 Å². The molecule has 1 amide bonds. The summed E-state index contributed by atoms with van der Waals surface area (Å²) >= 11 is 0. The van der Waals surface area contributed by atoms with Crippen LogP contribution in [0, 0.1) is 6.92 Å². The number of ether oxygens (including phenoxy) is 1. The molecular weight excluding hydrogens is 208 g/mol. The maximum absolute atomic E-state index is 11.8. The highest BCUT2D eigenvalue weighted by molar-refractivity contribution is 5.99. The van der Waals surface area contributed by atoms with Crippen LogP contribution in [0.2, 0.25) is 0 Å². The van der Waals surface area contributed by atoms with Crippen molar-refractivity contribution in [2.75, 3.05) is 19.4 Å². The lowest BCUT2D eigenvalue weighted by Crippen LogP contribution is -2.40. The number of aryl methyl sites for hydroxylation is 1. The number of carbonyl (C=O) groups is 1. The quantitative estimate of drug-likeness (QED) is 0.695. The highest BCUT2D eigenvalue weighted by Crippen LogP contribution is 2.12. The minimum atomic E-state index is -0.401. The molecule has 1 aromatic heterocycles. The number of hydrogen-bond donors (Lipinski definition) is 3. The molecule has 0 aromatic carbocycles. The standard InChI is InChI=1S/C10H18N4O2/c1-6-7(8(11)14-13-6)9(15)12-5-10(2,3)16-4/h5H2,1-4H3,(H,12,15)(H3,11,13,14). The van der Waals surface area contributed by atoms with Crippen LogP contribution in [0.3, 0.4) is 0 Å². The van der Waals surface area contributed by atoms with Gasteiger partial charge in [0.25, 0.3) is 5.91 Å². The fourth-order valence-corrected chi connectivity index (χ4v) is 1.19. The first kappa shape index (κ1) is 12.5. The van der Waals surface area contributed by atoms with Crippen LogP contribution < -0.4 is 11.1 Å². The summed E-state index contributed by atoms with van der Waals surface area (Å²) in [6.45, 7) is 5.93. The second-order valence-electron chi connectivity index (χ2n) is 4.26. The van der Waals surface area contributed by atoms with Crippen molar-refractivity contribution in [2.24, 2.45) is 0 Å². The van der Waals surface area contributed by atoms with Crippen molar-refractivity contribution in [3.63, 3.8) is 0 Å². The Labute approximate surface area is 94.5 Å². The molecule has 0 bridgehead atoms. The van der Waals surface area contributed by atoms with Crippen LogP contribution in [0.5, 0.6) is 0 Å². The number of aromatic amines is 1. The molecule has 6 heteroatoms. The number of rotatable bonds is 4. The molecule has 0 aliphatic carbocycles. The number of carbonyl (C=O) groups excluding carboxylic acids is 1. The van der Waals surface area contributed by atoms with E-state index in [9.17, 15) is 4.79 Å². The third-order valence-electron chi connectivity index (χ3n) is 2.43. The number of nitrogens with zero attached hydrogens (tertiary/aromatic N) is 1. The van der Waals surface area contributed by atoms with E-state index in [2.05, 4.69) is 15.5 Å². The van der Waals surface area contributed by atoms with Crippen LogP contribution in [0.1, 0.15) is 29.9 Å². The fraction of sp³-hybridized carbons (Fsp3) is 0.600. The number of methoxy groups -OCH3 is 1. The van der Waals surface area contributed by atoms with E-state index in [4.69, 9.17) is 10.5 Å². The Kier molecular flexibility index (Phi) is 3.54. The summed E-state index contributed by atoms with van der Waals surface area (Å²) in [7, 11) is 1.60. The van der Waals surface area contributed by atoms with Gasteiger partial charge in [-0.05, 0) is 20.8 Å². The van der Waals surface area contributed by atoms with Crippen LogP contribution in [-0.4, -0.2) is 35.4 Å². The molecule has 0 atom stereocenters. The van der Waals surface area contributed by atoms with E-state index >= 15 is 0 Å². The minimum absolute atomic E-state index is 0.213. The Morgan fingerprint density at radius 3 is 2.69 bits per heavy atom. The van der Waals surface area contributed by atoms with Gasteiger partial charge in [-0.3, -0.25) is 9.89 Å². The first-order valence-electron chi connectivity index (χ1n) is 5.01. The molecule has 0 spiro atoms. The number of H-pyrrole nitrogens is 1. The molecule has 0 saturated heterocycles. The van der Waals surface area contributed by atoms with Crippen LogP contribution in [0.4, 0.5) is 5.82 Å². The maximum atomic E-state index is 11.8. The lowest BCUT2D eigenvalue weighted by Gasteiger charge is -2.23. The van der Waals surface area contributed by atoms with Gasteiger partial charge in [0.2, 0.25) is 0 Å². The molecule has 0 saturated carbocycles. The zero-order chi connectivity index (χ0) is 12.3. The smallest absolute Gasteiger partial charge is 0.257 e. The number of hydrogen-bond acceptors (Lipinski definition) is 4. The summed E-state index contributed by atoms with van der Waals surface area (Å²) in [4.78, 5) is 11.8. The first-order valence-corrected chi connectivity index (χ1v) is 5.01. The summed E-state index contributed by atoms with van der Waals surface area (Å²) in [5.74, 6) is -0.0286. The molecular formula is C10H18N4O2. The second-order valence-corrected chi connectivity index (χ2v) is 4.26. The van der Waals surface area contributed by atoms with Gasteiger partial charge in [0.05, 0.1) is 5.60 Å². The summed E-state index contributed by atoms with van der Waals surface area (Å²) in [5.41, 5.74) is 6.23. The molecule has 0 radical (unpaired) electrons. The second kappa shape index (κ2) is 4.52. The Morgan fingerprint density at radius 1 is 1.62 bits per heavy atom. The molecule has 0 fully saturated rings. The van der Waals surface area contributed by atoms with E-state index in [0.717, 1.165) is 0 Å². The number of nitrogens with two attached hydrogens (primary N) is 1. The zero-order valence-corrected chi connectivity index (χ0v) is 10.0. The monoisotopic (exact) mass is 226 g/mol. The van der Waals surface area contributed by atoms with E-state index in [0.29, 0.717) is 17.8 Å². The zero-order valence-electron chi connectivity index (χ0n) is 10.0. The molecule has 4 N–H and O–H groups in total.